The lowest BCUT2D eigenvalue weighted by molar-refractivity contribution is -0.0436. The first-order valence-electron chi connectivity index (χ1n) is 9.71. The molecule has 0 radical (unpaired) electrons. The van der Waals surface area contributed by atoms with E-state index in [-0.39, 0.29) is 11.5 Å². The number of rotatable bonds is 1. The van der Waals surface area contributed by atoms with Gasteiger partial charge in [-0.2, -0.15) is 0 Å². The fourth-order valence-electron chi connectivity index (χ4n) is 6.89. The van der Waals surface area contributed by atoms with Gasteiger partial charge in [0, 0.05) is 5.41 Å². The third-order valence-corrected chi connectivity index (χ3v) is 8.00. The van der Waals surface area contributed by atoms with Crippen LogP contribution < -0.4 is 0 Å². The van der Waals surface area contributed by atoms with Crippen LogP contribution >= 0.6 is 0 Å². The molecule has 0 aromatic carbocycles. The molecule has 130 valence electrons. The molecule has 24 heavy (non-hydrogen) atoms. The predicted octanol–water partition coefficient (Wildman–Crippen LogP) is 3.84. The van der Waals surface area contributed by atoms with Gasteiger partial charge in [-0.25, -0.2) is 0 Å². The molecule has 0 heterocycles. The first kappa shape index (κ1) is 16.4. The second kappa shape index (κ2) is 5.48. The zero-order valence-corrected chi connectivity index (χ0v) is 14.8. The van der Waals surface area contributed by atoms with E-state index in [0.717, 1.165) is 38.5 Å². The minimum Gasteiger partial charge on any atom is -0.393 e. The molecule has 2 N–H and O–H groups in total. The van der Waals surface area contributed by atoms with E-state index in [1.807, 2.05) is 6.08 Å². The molecule has 3 fully saturated rings. The van der Waals surface area contributed by atoms with E-state index < -0.39 is 5.60 Å². The molecule has 0 unspecified atom stereocenters. The summed E-state index contributed by atoms with van der Waals surface area (Å²) < 4.78 is 0. The van der Waals surface area contributed by atoms with Crippen LogP contribution in [0.25, 0.3) is 0 Å². The molecule has 2 heteroatoms. The van der Waals surface area contributed by atoms with Gasteiger partial charge in [0.1, 0.15) is 5.60 Å². The van der Waals surface area contributed by atoms with Crippen LogP contribution in [0.3, 0.4) is 0 Å². The van der Waals surface area contributed by atoms with Crippen LogP contribution in [0, 0.1) is 41.4 Å². The van der Waals surface area contributed by atoms with Crippen LogP contribution in [0.4, 0.5) is 0 Å². The topological polar surface area (TPSA) is 40.5 Å². The van der Waals surface area contributed by atoms with Gasteiger partial charge in [-0.05, 0) is 81.1 Å². The van der Waals surface area contributed by atoms with Crippen molar-refractivity contribution in [2.45, 2.75) is 70.0 Å². The van der Waals surface area contributed by atoms with E-state index in [4.69, 9.17) is 6.42 Å². The highest BCUT2D eigenvalue weighted by atomic mass is 16.3. The van der Waals surface area contributed by atoms with Gasteiger partial charge in [0.2, 0.25) is 0 Å². The fraction of sp³-hybridized carbons (Fsp3) is 0.727. The Kier molecular flexibility index (Phi) is 3.75. The fourth-order valence-corrected chi connectivity index (χ4v) is 6.89. The predicted molar refractivity (Wildman–Crippen MR) is 96.0 cm³/mol. The van der Waals surface area contributed by atoms with Crippen molar-refractivity contribution in [1.29, 1.82) is 0 Å². The minimum atomic E-state index is -1.04. The van der Waals surface area contributed by atoms with Crippen molar-refractivity contribution in [1.82, 2.24) is 0 Å². The Morgan fingerprint density at radius 1 is 1.33 bits per heavy atom. The third-order valence-electron chi connectivity index (χ3n) is 8.00. The lowest BCUT2D eigenvalue weighted by Gasteiger charge is -2.55. The van der Waals surface area contributed by atoms with E-state index in [0.29, 0.717) is 30.1 Å². The summed E-state index contributed by atoms with van der Waals surface area (Å²) in [6.45, 7) is 6.74. The molecule has 4 aliphatic carbocycles. The first-order valence-corrected chi connectivity index (χ1v) is 9.71. The summed E-state index contributed by atoms with van der Waals surface area (Å²) in [6.07, 6.45) is 15.4. The van der Waals surface area contributed by atoms with Gasteiger partial charge in [-0.3, -0.25) is 0 Å². The van der Waals surface area contributed by atoms with E-state index in [9.17, 15) is 10.2 Å². The van der Waals surface area contributed by atoms with Crippen LogP contribution in [-0.2, 0) is 0 Å². The molecule has 3 saturated carbocycles. The molecule has 0 aromatic rings. The van der Waals surface area contributed by atoms with Crippen molar-refractivity contribution in [3.8, 4) is 12.3 Å². The second-order valence-electron chi connectivity index (χ2n) is 8.78. The highest BCUT2D eigenvalue weighted by Crippen LogP contribution is 2.64. The quantitative estimate of drug-likeness (QED) is 0.568. The van der Waals surface area contributed by atoms with E-state index >= 15 is 0 Å². The number of hydrogen-bond acceptors (Lipinski definition) is 2. The first-order chi connectivity index (χ1) is 11.4. The van der Waals surface area contributed by atoms with Gasteiger partial charge in [0.25, 0.3) is 0 Å². The molecular weight excluding hydrogens is 296 g/mol. The van der Waals surface area contributed by atoms with E-state index in [2.05, 4.69) is 19.4 Å². The van der Waals surface area contributed by atoms with Crippen LogP contribution in [0.2, 0.25) is 0 Å². The number of allylic oxidation sites excluding steroid dienone is 2. The molecule has 7 atom stereocenters. The van der Waals surface area contributed by atoms with Crippen LogP contribution in [0.5, 0.6) is 0 Å². The summed E-state index contributed by atoms with van der Waals surface area (Å²) in [4.78, 5) is 0. The second-order valence-corrected chi connectivity index (χ2v) is 8.78. The number of aliphatic hydroxyl groups excluding tert-OH is 1. The molecule has 4 rings (SSSR count). The van der Waals surface area contributed by atoms with Crippen LogP contribution in [-0.4, -0.2) is 21.9 Å². The summed E-state index contributed by atoms with van der Waals surface area (Å²) >= 11 is 0. The normalized spacial score (nSPS) is 50.3. The average Bonchev–Trinajstić information content (AvgIpc) is 2.91. The van der Waals surface area contributed by atoms with Crippen LogP contribution in [0.15, 0.2) is 23.8 Å². The number of hydrogen-bond donors (Lipinski definition) is 2. The minimum absolute atomic E-state index is 0.0771. The Balaban J connectivity index is 1.69. The standard InChI is InChI=1S/C22H30O2/c1-4-21(24)11-10-16-15(13-21)6-7-17-18-8-9-19(23)22(18,5-2)12-14(3)20(16)17/h1,13,16-20,23-24H,3,5-12H2,2H3/t16-,17-,18-,19-,20+,21-,22-/m0/s1. The largest absolute Gasteiger partial charge is 0.393 e. The van der Waals surface area contributed by atoms with E-state index in [1.165, 1.54) is 17.6 Å². The summed E-state index contributed by atoms with van der Waals surface area (Å²) in [5.41, 5.74) is 1.76. The SMILES string of the molecule is C#C[C@@]1(O)C=C2CC[C@@H]3[C@H](C(=C)C[C@]4(CC)[C@@H](O)CC[C@@H]34)[C@H]2CC1. The maximum absolute atomic E-state index is 10.7. The Labute approximate surface area is 146 Å². The van der Waals surface area contributed by atoms with Crippen LogP contribution in [0.1, 0.15) is 58.3 Å². The number of terminal acetylenes is 1. The lowest BCUT2D eigenvalue weighted by Crippen LogP contribution is -2.50. The Bertz CT molecular complexity index is 626. The van der Waals surface area contributed by atoms with Crippen molar-refractivity contribution >= 4 is 0 Å². The van der Waals surface area contributed by atoms with Gasteiger partial charge in [-0.1, -0.05) is 30.6 Å². The summed E-state index contributed by atoms with van der Waals surface area (Å²) in [5, 5.41) is 21.2. The smallest absolute Gasteiger partial charge is 0.144 e. The summed E-state index contributed by atoms with van der Waals surface area (Å²) in [6, 6.07) is 0. The molecular formula is C22H30O2. The summed E-state index contributed by atoms with van der Waals surface area (Å²) in [5.74, 6) is 4.92. The molecule has 0 aromatic heterocycles. The van der Waals surface area contributed by atoms with Crippen molar-refractivity contribution in [2.75, 3.05) is 0 Å². The molecule has 4 aliphatic rings. The van der Waals surface area contributed by atoms with Gasteiger partial charge in [0.15, 0.2) is 0 Å². The Morgan fingerprint density at radius 2 is 2.12 bits per heavy atom. The van der Waals surface area contributed by atoms with Crippen molar-refractivity contribution in [3.05, 3.63) is 23.8 Å². The molecule has 0 aliphatic heterocycles. The zero-order valence-electron chi connectivity index (χ0n) is 14.8. The zero-order chi connectivity index (χ0) is 17.1. The van der Waals surface area contributed by atoms with Crippen molar-refractivity contribution < 1.29 is 10.2 Å². The number of aliphatic hydroxyl groups is 2. The maximum atomic E-state index is 10.7. The lowest BCUT2D eigenvalue weighted by atomic mass is 9.49. The van der Waals surface area contributed by atoms with Gasteiger partial charge in [-0.15, -0.1) is 6.42 Å². The third kappa shape index (κ3) is 2.11. The number of fused-ring (bicyclic) bond motifs is 5. The van der Waals surface area contributed by atoms with Crippen molar-refractivity contribution in [2.24, 2.45) is 29.1 Å². The van der Waals surface area contributed by atoms with Gasteiger partial charge >= 0.3 is 0 Å². The summed E-state index contributed by atoms with van der Waals surface area (Å²) in [7, 11) is 0. The average molecular weight is 326 g/mol. The molecule has 0 saturated heterocycles. The molecule has 2 nitrogen and oxygen atoms in total. The van der Waals surface area contributed by atoms with Crippen molar-refractivity contribution in [3.63, 3.8) is 0 Å². The molecule has 0 spiro atoms. The molecule has 0 bridgehead atoms. The van der Waals surface area contributed by atoms with E-state index in [1.54, 1.807) is 0 Å². The molecule has 0 amide bonds. The highest BCUT2D eigenvalue weighted by Gasteiger charge is 2.58. The Hall–Kier alpha value is -1.04. The highest BCUT2D eigenvalue weighted by molar-refractivity contribution is 5.33. The Morgan fingerprint density at radius 3 is 2.83 bits per heavy atom. The maximum Gasteiger partial charge on any atom is 0.144 e. The van der Waals surface area contributed by atoms with Gasteiger partial charge < -0.3 is 10.2 Å². The monoisotopic (exact) mass is 326 g/mol. The van der Waals surface area contributed by atoms with Gasteiger partial charge in [0.05, 0.1) is 6.10 Å².